The van der Waals surface area contributed by atoms with E-state index < -0.39 is 0 Å². The first-order valence-electron chi connectivity index (χ1n) is 9.35. The van der Waals surface area contributed by atoms with Gasteiger partial charge in [0.2, 0.25) is 0 Å². The first-order chi connectivity index (χ1) is 13.0. The first-order valence-corrected chi connectivity index (χ1v) is 9.35. The molecule has 0 atom stereocenters. The highest BCUT2D eigenvalue weighted by Gasteiger charge is 2.23. The number of carbonyl (C=O) groups excluding carboxylic acids is 2. The Hall–Kier alpha value is -3.02. The predicted octanol–water partition coefficient (Wildman–Crippen LogP) is 4.07. The molecule has 142 valence electrons. The van der Waals surface area contributed by atoms with Crippen LogP contribution in [0.15, 0.2) is 48.5 Å². The molecule has 3 rings (SSSR count). The van der Waals surface area contributed by atoms with Crippen LogP contribution in [-0.4, -0.2) is 31.6 Å². The third kappa shape index (κ3) is 5.48. The lowest BCUT2D eigenvalue weighted by atomic mass is 10.1. The van der Waals surface area contributed by atoms with Crippen LogP contribution in [0.4, 0.5) is 21.9 Å². The Kier molecular flexibility index (Phi) is 5.96. The van der Waals surface area contributed by atoms with E-state index in [-0.39, 0.29) is 11.9 Å². The van der Waals surface area contributed by atoms with Crippen LogP contribution in [0.25, 0.3) is 0 Å². The second-order valence-corrected chi connectivity index (χ2v) is 6.87. The molecule has 0 aliphatic heterocycles. The number of anilines is 3. The Balaban J connectivity index is 1.54. The number of hydrogen-bond donors (Lipinski definition) is 3. The number of nitrogens with one attached hydrogen (secondary N) is 3. The van der Waals surface area contributed by atoms with Crippen LogP contribution < -0.4 is 20.9 Å². The molecule has 0 bridgehead atoms. The van der Waals surface area contributed by atoms with Crippen molar-refractivity contribution in [2.75, 3.05) is 29.1 Å². The number of carbonyl (C=O) groups is 2. The summed E-state index contributed by atoms with van der Waals surface area (Å²) >= 11 is 0. The summed E-state index contributed by atoms with van der Waals surface area (Å²) in [5.41, 5.74) is 3.07. The molecule has 3 amide bonds. The van der Waals surface area contributed by atoms with Crippen molar-refractivity contribution in [3.63, 3.8) is 0 Å². The number of hydrogen-bond acceptors (Lipinski definition) is 3. The van der Waals surface area contributed by atoms with Crippen LogP contribution in [0, 0.1) is 0 Å². The van der Waals surface area contributed by atoms with Gasteiger partial charge in [-0.3, -0.25) is 4.79 Å². The lowest BCUT2D eigenvalue weighted by Crippen LogP contribution is -2.30. The molecule has 6 nitrogen and oxygen atoms in total. The van der Waals surface area contributed by atoms with Gasteiger partial charge >= 0.3 is 6.03 Å². The van der Waals surface area contributed by atoms with E-state index in [2.05, 4.69) is 27.8 Å². The molecule has 1 aliphatic rings. The molecular weight excluding hydrogens is 340 g/mol. The Bertz CT molecular complexity index is 783. The minimum Gasteiger partial charge on any atom is -0.375 e. The van der Waals surface area contributed by atoms with Gasteiger partial charge in [-0.25, -0.2) is 4.79 Å². The molecule has 1 saturated carbocycles. The lowest BCUT2D eigenvalue weighted by molar-refractivity contribution is 0.102. The van der Waals surface area contributed by atoms with Gasteiger partial charge in [-0.15, -0.1) is 0 Å². The molecule has 0 spiro atoms. The van der Waals surface area contributed by atoms with E-state index in [1.54, 1.807) is 24.3 Å². The molecule has 6 heteroatoms. The van der Waals surface area contributed by atoms with Crippen molar-refractivity contribution in [3.05, 3.63) is 54.1 Å². The second kappa shape index (κ2) is 8.58. The average molecular weight is 366 g/mol. The minimum atomic E-state index is -0.192. The Morgan fingerprint density at radius 1 is 0.963 bits per heavy atom. The van der Waals surface area contributed by atoms with Gasteiger partial charge in [0, 0.05) is 42.3 Å². The zero-order chi connectivity index (χ0) is 19.2. The number of urea groups is 1. The second-order valence-electron chi connectivity index (χ2n) is 6.87. The molecule has 27 heavy (non-hydrogen) atoms. The van der Waals surface area contributed by atoms with Crippen molar-refractivity contribution >= 4 is 29.0 Å². The normalized spacial score (nSPS) is 13.0. The molecule has 2 aromatic rings. The summed E-state index contributed by atoms with van der Waals surface area (Å²) in [7, 11) is 2.04. The topological polar surface area (TPSA) is 73.5 Å². The predicted molar refractivity (Wildman–Crippen MR) is 110 cm³/mol. The lowest BCUT2D eigenvalue weighted by Gasteiger charge is -2.18. The first kappa shape index (κ1) is 18.8. The monoisotopic (exact) mass is 366 g/mol. The fourth-order valence-electron chi connectivity index (χ4n) is 2.75. The maximum Gasteiger partial charge on any atom is 0.319 e. The Morgan fingerprint density at radius 2 is 1.56 bits per heavy atom. The van der Waals surface area contributed by atoms with Gasteiger partial charge < -0.3 is 20.9 Å². The molecule has 3 N–H and O–H groups in total. The van der Waals surface area contributed by atoms with Crippen molar-refractivity contribution in [3.8, 4) is 0 Å². The van der Waals surface area contributed by atoms with Gasteiger partial charge in [0.25, 0.3) is 5.91 Å². The summed E-state index contributed by atoms with van der Waals surface area (Å²) in [6, 6.07) is 14.8. The molecule has 0 aromatic heterocycles. The van der Waals surface area contributed by atoms with Crippen molar-refractivity contribution in [2.24, 2.45) is 0 Å². The van der Waals surface area contributed by atoms with Crippen LogP contribution in [0.2, 0.25) is 0 Å². The van der Waals surface area contributed by atoms with Crippen LogP contribution >= 0.6 is 0 Å². The van der Waals surface area contributed by atoms with Crippen molar-refractivity contribution in [1.82, 2.24) is 5.32 Å². The van der Waals surface area contributed by atoms with Crippen molar-refractivity contribution < 1.29 is 9.59 Å². The van der Waals surface area contributed by atoms with E-state index in [1.807, 2.05) is 31.3 Å². The van der Waals surface area contributed by atoms with Crippen LogP contribution in [-0.2, 0) is 0 Å². The maximum absolute atomic E-state index is 12.4. The molecule has 2 aromatic carbocycles. The van der Waals surface area contributed by atoms with Gasteiger partial charge in [-0.05, 0) is 67.8 Å². The van der Waals surface area contributed by atoms with Crippen LogP contribution in [0.3, 0.4) is 0 Å². The van der Waals surface area contributed by atoms with Gasteiger partial charge in [-0.1, -0.05) is 6.92 Å². The summed E-state index contributed by atoms with van der Waals surface area (Å²) in [4.78, 5) is 26.3. The van der Waals surface area contributed by atoms with Crippen LogP contribution in [0.5, 0.6) is 0 Å². The quantitative estimate of drug-likeness (QED) is 0.692. The SMILES string of the molecule is CCCN(C)c1ccc(C(=O)Nc2ccc(NC(=O)NC3CC3)cc2)cc1. The highest BCUT2D eigenvalue weighted by atomic mass is 16.2. The molecule has 0 heterocycles. The fourth-order valence-corrected chi connectivity index (χ4v) is 2.75. The molecule has 1 aliphatic carbocycles. The standard InChI is InChI=1S/C21H26N4O2/c1-3-14-25(2)19-12-4-15(5-13-19)20(26)22-16-6-8-17(9-7-16)23-21(27)24-18-10-11-18/h4-9,12-13,18H,3,10-11,14H2,1-2H3,(H,22,26)(H2,23,24,27). The van der Waals surface area contributed by atoms with E-state index in [1.165, 1.54) is 0 Å². The van der Waals surface area contributed by atoms with Gasteiger partial charge in [0.15, 0.2) is 0 Å². The zero-order valence-corrected chi connectivity index (χ0v) is 15.8. The molecule has 1 fully saturated rings. The number of rotatable bonds is 7. The largest absolute Gasteiger partial charge is 0.375 e. The summed E-state index contributed by atoms with van der Waals surface area (Å²) in [5, 5.41) is 8.53. The number of benzene rings is 2. The van der Waals surface area contributed by atoms with E-state index in [0.29, 0.717) is 23.0 Å². The highest BCUT2D eigenvalue weighted by Crippen LogP contribution is 2.20. The van der Waals surface area contributed by atoms with Crippen molar-refractivity contribution in [1.29, 1.82) is 0 Å². The van der Waals surface area contributed by atoms with E-state index in [0.717, 1.165) is 31.5 Å². The van der Waals surface area contributed by atoms with Gasteiger partial charge in [0.1, 0.15) is 0 Å². The minimum absolute atomic E-state index is 0.160. The van der Waals surface area contributed by atoms with Crippen LogP contribution in [0.1, 0.15) is 36.5 Å². The Labute approximate surface area is 159 Å². The zero-order valence-electron chi connectivity index (χ0n) is 15.8. The highest BCUT2D eigenvalue weighted by molar-refractivity contribution is 6.04. The van der Waals surface area contributed by atoms with E-state index in [4.69, 9.17) is 0 Å². The average Bonchev–Trinajstić information content (AvgIpc) is 3.47. The smallest absolute Gasteiger partial charge is 0.319 e. The molecular formula is C21H26N4O2. The maximum atomic E-state index is 12.4. The summed E-state index contributed by atoms with van der Waals surface area (Å²) in [6.07, 6.45) is 3.17. The number of amides is 3. The third-order valence-corrected chi connectivity index (χ3v) is 4.44. The van der Waals surface area contributed by atoms with Crippen molar-refractivity contribution in [2.45, 2.75) is 32.2 Å². The number of nitrogens with zero attached hydrogens (tertiary/aromatic N) is 1. The molecule has 0 radical (unpaired) electrons. The summed E-state index contributed by atoms with van der Waals surface area (Å²) in [6.45, 7) is 3.11. The summed E-state index contributed by atoms with van der Waals surface area (Å²) in [5.74, 6) is -0.160. The third-order valence-electron chi connectivity index (χ3n) is 4.44. The molecule has 0 saturated heterocycles. The van der Waals surface area contributed by atoms with E-state index in [9.17, 15) is 9.59 Å². The van der Waals surface area contributed by atoms with E-state index >= 15 is 0 Å². The fraction of sp³-hybridized carbons (Fsp3) is 0.333. The molecule has 0 unspecified atom stereocenters. The Morgan fingerprint density at radius 3 is 2.11 bits per heavy atom. The summed E-state index contributed by atoms with van der Waals surface area (Å²) < 4.78 is 0. The van der Waals surface area contributed by atoms with Gasteiger partial charge in [-0.2, -0.15) is 0 Å². The van der Waals surface area contributed by atoms with Gasteiger partial charge in [0.05, 0.1) is 0 Å².